The van der Waals surface area contributed by atoms with Gasteiger partial charge in [-0.05, 0) is 74.5 Å². The van der Waals surface area contributed by atoms with Crippen LogP contribution in [-0.4, -0.2) is 6.61 Å². The Bertz CT molecular complexity index is 521. The van der Waals surface area contributed by atoms with Gasteiger partial charge >= 0.3 is 0 Å². The summed E-state index contributed by atoms with van der Waals surface area (Å²) in [6.45, 7) is 0.853. The van der Waals surface area contributed by atoms with E-state index in [2.05, 4.69) is 6.07 Å². The van der Waals surface area contributed by atoms with Gasteiger partial charge in [0.2, 0.25) is 0 Å². The molecular weight excluding hydrogens is 246 g/mol. The van der Waals surface area contributed by atoms with Crippen LogP contribution in [0, 0.1) is 34.5 Å². The Kier molecular flexibility index (Phi) is 2.77. The van der Waals surface area contributed by atoms with Crippen LogP contribution in [0.2, 0.25) is 0 Å². The first-order valence-corrected chi connectivity index (χ1v) is 7.88. The van der Waals surface area contributed by atoms with Crippen molar-refractivity contribution in [1.82, 2.24) is 0 Å². The fraction of sp³-hybridized carbons (Fsp3) is 0.611. The third-order valence-corrected chi connectivity index (χ3v) is 5.67. The van der Waals surface area contributed by atoms with E-state index in [-0.39, 0.29) is 0 Å². The van der Waals surface area contributed by atoms with Crippen LogP contribution < -0.4 is 4.74 Å². The Morgan fingerprint density at radius 3 is 2.35 bits per heavy atom. The highest BCUT2D eigenvalue weighted by atomic mass is 16.5. The number of nitrogens with zero attached hydrogens (tertiary/aromatic N) is 1. The third-order valence-electron chi connectivity index (χ3n) is 5.67. The largest absolute Gasteiger partial charge is 0.493 e. The third kappa shape index (κ3) is 2.10. The molecule has 1 aromatic rings. The average Bonchev–Trinajstić information content (AvgIpc) is 2.44. The molecule has 0 N–H and O–H groups in total. The lowest BCUT2D eigenvalue weighted by Gasteiger charge is -2.56. The zero-order valence-corrected chi connectivity index (χ0v) is 11.8. The number of rotatable bonds is 3. The Morgan fingerprint density at radius 2 is 1.75 bits per heavy atom. The monoisotopic (exact) mass is 267 g/mol. The molecule has 4 saturated carbocycles. The van der Waals surface area contributed by atoms with Gasteiger partial charge in [-0.1, -0.05) is 6.07 Å². The molecule has 0 aromatic heterocycles. The summed E-state index contributed by atoms with van der Waals surface area (Å²) in [5.74, 6) is 3.76. The van der Waals surface area contributed by atoms with Gasteiger partial charge in [-0.15, -0.1) is 0 Å². The molecule has 20 heavy (non-hydrogen) atoms. The zero-order chi connectivity index (χ0) is 13.6. The highest BCUT2D eigenvalue weighted by Gasteiger charge is 2.51. The fourth-order valence-electron chi connectivity index (χ4n) is 5.36. The van der Waals surface area contributed by atoms with Gasteiger partial charge in [0.15, 0.2) is 0 Å². The first kappa shape index (κ1) is 12.3. The molecule has 0 heterocycles. The second-order valence-electron chi connectivity index (χ2n) is 7.35. The Labute approximate surface area is 120 Å². The van der Waals surface area contributed by atoms with E-state index in [4.69, 9.17) is 10.00 Å². The molecule has 5 rings (SSSR count). The van der Waals surface area contributed by atoms with E-state index in [9.17, 15) is 0 Å². The first-order valence-electron chi connectivity index (χ1n) is 7.88. The lowest BCUT2D eigenvalue weighted by molar-refractivity contribution is -0.0745. The van der Waals surface area contributed by atoms with Crippen LogP contribution in [0.15, 0.2) is 24.3 Å². The van der Waals surface area contributed by atoms with Crippen molar-refractivity contribution in [3.63, 3.8) is 0 Å². The molecule has 1 aromatic carbocycles. The van der Waals surface area contributed by atoms with Gasteiger partial charge in [0.05, 0.1) is 18.2 Å². The minimum atomic E-state index is 0.442. The second kappa shape index (κ2) is 4.52. The van der Waals surface area contributed by atoms with Gasteiger partial charge in [-0.25, -0.2) is 0 Å². The number of benzene rings is 1. The van der Waals surface area contributed by atoms with E-state index in [1.54, 1.807) is 0 Å². The van der Waals surface area contributed by atoms with Crippen molar-refractivity contribution in [1.29, 1.82) is 5.26 Å². The molecule has 0 amide bonds. The first-order chi connectivity index (χ1) is 9.75. The highest BCUT2D eigenvalue weighted by molar-refractivity contribution is 5.36. The number of hydrogen-bond donors (Lipinski definition) is 0. The molecule has 0 radical (unpaired) electrons. The van der Waals surface area contributed by atoms with E-state index in [1.165, 1.54) is 38.5 Å². The Hall–Kier alpha value is -1.49. The van der Waals surface area contributed by atoms with E-state index in [0.717, 1.165) is 30.1 Å². The summed E-state index contributed by atoms with van der Waals surface area (Å²) in [6.07, 6.45) is 8.54. The minimum Gasteiger partial charge on any atom is -0.493 e. The van der Waals surface area contributed by atoms with Crippen LogP contribution in [0.25, 0.3) is 0 Å². The molecule has 2 nitrogen and oxygen atoms in total. The summed E-state index contributed by atoms with van der Waals surface area (Å²) in [5.41, 5.74) is 1.13. The summed E-state index contributed by atoms with van der Waals surface area (Å²) in [5, 5.41) is 8.95. The van der Waals surface area contributed by atoms with Crippen molar-refractivity contribution in [3.05, 3.63) is 29.8 Å². The molecule has 4 fully saturated rings. The van der Waals surface area contributed by atoms with Gasteiger partial charge in [0, 0.05) is 5.41 Å². The lowest BCUT2D eigenvalue weighted by atomic mass is 9.50. The Balaban J connectivity index is 1.48. The van der Waals surface area contributed by atoms with Crippen LogP contribution in [0.4, 0.5) is 0 Å². The predicted octanol–water partition coefficient (Wildman–Crippen LogP) is 4.15. The van der Waals surface area contributed by atoms with E-state index in [0.29, 0.717) is 11.0 Å². The van der Waals surface area contributed by atoms with Crippen LogP contribution in [0.1, 0.15) is 44.1 Å². The quantitative estimate of drug-likeness (QED) is 0.824. The van der Waals surface area contributed by atoms with E-state index >= 15 is 0 Å². The van der Waals surface area contributed by atoms with Gasteiger partial charge in [-0.2, -0.15) is 5.26 Å². The second-order valence-corrected chi connectivity index (χ2v) is 7.35. The maximum absolute atomic E-state index is 8.95. The van der Waals surface area contributed by atoms with Gasteiger partial charge in [0.1, 0.15) is 5.75 Å². The molecule has 0 unspecified atom stereocenters. The molecule has 2 heteroatoms. The summed E-state index contributed by atoms with van der Waals surface area (Å²) < 4.78 is 6.08. The normalized spacial score (nSPS) is 37.6. The molecular formula is C18H21NO. The molecule has 0 saturated heterocycles. The van der Waals surface area contributed by atoms with Crippen LogP contribution in [0.3, 0.4) is 0 Å². The SMILES string of the molecule is N#Cc1cccc(OCC23CC4CC(CC(C4)C2)C3)c1. The van der Waals surface area contributed by atoms with E-state index < -0.39 is 0 Å². The number of hydrogen-bond acceptors (Lipinski definition) is 2. The van der Waals surface area contributed by atoms with Crippen molar-refractivity contribution in [2.24, 2.45) is 23.2 Å². The van der Waals surface area contributed by atoms with Crippen LogP contribution in [-0.2, 0) is 0 Å². The number of ether oxygens (including phenoxy) is 1. The summed E-state index contributed by atoms with van der Waals surface area (Å²) in [4.78, 5) is 0. The standard InChI is InChI=1S/C18H21NO/c19-11-13-2-1-3-17(7-13)20-12-18-8-14-4-15(9-18)6-16(5-14)10-18/h1-3,7,14-16H,4-6,8-10,12H2. The average molecular weight is 267 g/mol. The lowest BCUT2D eigenvalue weighted by Crippen LogP contribution is -2.48. The molecule has 4 aliphatic carbocycles. The van der Waals surface area contributed by atoms with E-state index in [1.807, 2.05) is 24.3 Å². The summed E-state index contributed by atoms with van der Waals surface area (Å²) in [6, 6.07) is 9.76. The van der Waals surface area contributed by atoms with Crippen LogP contribution in [0.5, 0.6) is 5.75 Å². The minimum absolute atomic E-state index is 0.442. The molecule has 0 atom stereocenters. The molecule has 104 valence electrons. The fourth-order valence-corrected chi connectivity index (χ4v) is 5.36. The summed E-state index contributed by atoms with van der Waals surface area (Å²) >= 11 is 0. The molecule has 0 spiro atoms. The Morgan fingerprint density at radius 1 is 1.10 bits per heavy atom. The maximum Gasteiger partial charge on any atom is 0.120 e. The van der Waals surface area contributed by atoms with Crippen molar-refractivity contribution < 1.29 is 4.74 Å². The molecule has 4 bridgehead atoms. The van der Waals surface area contributed by atoms with Crippen molar-refractivity contribution in [2.45, 2.75) is 38.5 Å². The smallest absolute Gasteiger partial charge is 0.120 e. The van der Waals surface area contributed by atoms with Gasteiger partial charge < -0.3 is 4.74 Å². The van der Waals surface area contributed by atoms with Gasteiger partial charge in [-0.3, -0.25) is 0 Å². The number of nitriles is 1. The zero-order valence-electron chi connectivity index (χ0n) is 11.8. The maximum atomic E-state index is 8.95. The van der Waals surface area contributed by atoms with Crippen LogP contribution >= 0.6 is 0 Å². The van der Waals surface area contributed by atoms with Crippen molar-refractivity contribution >= 4 is 0 Å². The van der Waals surface area contributed by atoms with Gasteiger partial charge in [0.25, 0.3) is 0 Å². The summed E-state index contributed by atoms with van der Waals surface area (Å²) in [7, 11) is 0. The molecule has 4 aliphatic rings. The predicted molar refractivity (Wildman–Crippen MR) is 77.3 cm³/mol. The topological polar surface area (TPSA) is 33.0 Å². The molecule has 0 aliphatic heterocycles. The van der Waals surface area contributed by atoms with Crippen molar-refractivity contribution in [2.75, 3.05) is 6.61 Å². The highest BCUT2D eigenvalue weighted by Crippen LogP contribution is 2.59. The van der Waals surface area contributed by atoms with Crippen molar-refractivity contribution in [3.8, 4) is 11.8 Å².